The second-order valence-electron chi connectivity index (χ2n) is 6.12. The molecule has 1 N–H and O–H groups in total. The van der Waals surface area contributed by atoms with E-state index >= 15 is 0 Å². The summed E-state index contributed by atoms with van der Waals surface area (Å²) in [5.41, 5.74) is 1.61. The standard InChI is InChI=1S/C18H22N2O2/c1-13-7-5-6-10-16(13)20-17(21)11-15-12-22-18(19-15)14-8-3-2-4-9-14/h2-4,8-9,12-13,16H,5-7,10-11H2,1H3,(H,20,21). The minimum atomic E-state index is 0.0339. The molecule has 0 spiro atoms. The molecule has 4 heteroatoms. The molecule has 1 amide bonds. The number of benzene rings is 1. The van der Waals surface area contributed by atoms with Crippen LogP contribution in [0.15, 0.2) is 41.0 Å². The Morgan fingerprint density at radius 3 is 2.82 bits per heavy atom. The first-order valence-electron chi connectivity index (χ1n) is 8.01. The van der Waals surface area contributed by atoms with Crippen LogP contribution in [0.25, 0.3) is 11.5 Å². The summed E-state index contributed by atoms with van der Waals surface area (Å²) in [7, 11) is 0. The van der Waals surface area contributed by atoms with Gasteiger partial charge in [-0.2, -0.15) is 0 Å². The zero-order chi connectivity index (χ0) is 15.4. The lowest BCUT2D eigenvalue weighted by molar-refractivity contribution is -0.121. The van der Waals surface area contributed by atoms with Crippen molar-refractivity contribution in [3.63, 3.8) is 0 Å². The smallest absolute Gasteiger partial charge is 0.226 e. The number of nitrogens with one attached hydrogen (secondary N) is 1. The third-order valence-corrected chi connectivity index (χ3v) is 4.37. The van der Waals surface area contributed by atoms with E-state index in [4.69, 9.17) is 4.42 Å². The average Bonchev–Trinajstić information content (AvgIpc) is 2.99. The third-order valence-electron chi connectivity index (χ3n) is 4.37. The molecule has 2 aromatic rings. The van der Waals surface area contributed by atoms with Crippen LogP contribution in [-0.4, -0.2) is 16.9 Å². The molecule has 1 aromatic heterocycles. The van der Waals surface area contributed by atoms with Crippen LogP contribution in [0.4, 0.5) is 0 Å². The molecule has 4 nitrogen and oxygen atoms in total. The molecular weight excluding hydrogens is 276 g/mol. The maximum absolute atomic E-state index is 12.2. The molecule has 0 bridgehead atoms. The fraction of sp³-hybridized carbons (Fsp3) is 0.444. The normalized spacial score (nSPS) is 21.5. The number of nitrogens with zero attached hydrogens (tertiary/aromatic N) is 1. The highest BCUT2D eigenvalue weighted by molar-refractivity contribution is 5.78. The van der Waals surface area contributed by atoms with E-state index in [2.05, 4.69) is 17.2 Å². The monoisotopic (exact) mass is 298 g/mol. The fourth-order valence-corrected chi connectivity index (χ4v) is 3.05. The predicted octanol–water partition coefficient (Wildman–Crippen LogP) is 3.58. The summed E-state index contributed by atoms with van der Waals surface area (Å²) in [4.78, 5) is 16.6. The molecule has 1 aliphatic carbocycles. The third kappa shape index (κ3) is 3.56. The Kier molecular flexibility index (Phi) is 4.56. The van der Waals surface area contributed by atoms with E-state index in [0.29, 0.717) is 23.5 Å². The van der Waals surface area contributed by atoms with Gasteiger partial charge in [0, 0.05) is 11.6 Å². The summed E-state index contributed by atoms with van der Waals surface area (Å²) in [5, 5.41) is 3.15. The van der Waals surface area contributed by atoms with E-state index in [0.717, 1.165) is 12.0 Å². The van der Waals surface area contributed by atoms with Gasteiger partial charge in [-0.15, -0.1) is 0 Å². The van der Waals surface area contributed by atoms with Crippen molar-refractivity contribution in [2.75, 3.05) is 0 Å². The predicted molar refractivity (Wildman–Crippen MR) is 85.2 cm³/mol. The van der Waals surface area contributed by atoms with Gasteiger partial charge in [0.15, 0.2) is 0 Å². The van der Waals surface area contributed by atoms with E-state index < -0.39 is 0 Å². The Bertz CT molecular complexity index is 621. The zero-order valence-electron chi connectivity index (χ0n) is 12.9. The van der Waals surface area contributed by atoms with Gasteiger partial charge in [0.05, 0.1) is 12.1 Å². The van der Waals surface area contributed by atoms with Crippen molar-refractivity contribution >= 4 is 5.91 Å². The molecular formula is C18H22N2O2. The van der Waals surface area contributed by atoms with Gasteiger partial charge in [0.1, 0.15) is 6.26 Å². The van der Waals surface area contributed by atoms with Crippen LogP contribution in [0.2, 0.25) is 0 Å². The number of rotatable bonds is 4. The molecule has 1 heterocycles. The van der Waals surface area contributed by atoms with Gasteiger partial charge in [0.2, 0.25) is 11.8 Å². The van der Waals surface area contributed by atoms with Crippen molar-refractivity contribution in [3.05, 3.63) is 42.3 Å². The van der Waals surface area contributed by atoms with Crippen LogP contribution >= 0.6 is 0 Å². The Labute approximate surface area is 130 Å². The first-order valence-corrected chi connectivity index (χ1v) is 8.01. The Morgan fingerprint density at radius 1 is 1.27 bits per heavy atom. The minimum absolute atomic E-state index is 0.0339. The highest BCUT2D eigenvalue weighted by atomic mass is 16.3. The highest BCUT2D eigenvalue weighted by Gasteiger charge is 2.23. The number of hydrogen-bond acceptors (Lipinski definition) is 3. The van der Waals surface area contributed by atoms with Crippen molar-refractivity contribution in [1.82, 2.24) is 10.3 Å². The molecule has 2 atom stereocenters. The van der Waals surface area contributed by atoms with Gasteiger partial charge in [-0.3, -0.25) is 4.79 Å². The molecule has 0 radical (unpaired) electrons. The molecule has 1 aromatic carbocycles. The SMILES string of the molecule is CC1CCCCC1NC(=O)Cc1coc(-c2ccccc2)n1. The van der Waals surface area contributed by atoms with Gasteiger partial charge >= 0.3 is 0 Å². The molecule has 0 saturated heterocycles. The van der Waals surface area contributed by atoms with Gasteiger partial charge in [-0.25, -0.2) is 4.98 Å². The lowest BCUT2D eigenvalue weighted by atomic mass is 9.86. The molecule has 116 valence electrons. The average molecular weight is 298 g/mol. The highest BCUT2D eigenvalue weighted by Crippen LogP contribution is 2.24. The number of oxazole rings is 1. The van der Waals surface area contributed by atoms with Gasteiger partial charge in [-0.05, 0) is 30.9 Å². The van der Waals surface area contributed by atoms with Crippen molar-refractivity contribution in [2.45, 2.75) is 45.1 Å². The summed E-state index contributed by atoms with van der Waals surface area (Å²) in [6.07, 6.45) is 6.62. The van der Waals surface area contributed by atoms with E-state index in [1.165, 1.54) is 19.3 Å². The number of hydrogen-bond donors (Lipinski definition) is 1. The molecule has 3 rings (SSSR count). The largest absolute Gasteiger partial charge is 0.444 e. The number of aromatic nitrogens is 1. The Morgan fingerprint density at radius 2 is 2.05 bits per heavy atom. The summed E-state index contributed by atoms with van der Waals surface area (Å²) in [5.74, 6) is 1.16. The molecule has 1 aliphatic rings. The topological polar surface area (TPSA) is 55.1 Å². The van der Waals surface area contributed by atoms with Crippen molar-refractivity contribution < 1.29 is 9.21 Å². The fourth-order valence-electron chi connectivity index (χ4n) is 3.05. The van der Waals surface area contributed by atoms with Crippen LogP contribution in [0.5, 0.6) is 0 Å². The first-order chi connectivity index (χ1) is 10.7. The summed E-state index contributed by atoms with van der Waals surface area (Å²) < 4.78 is 5.47. The van der Waals surface area contributed by atoms with E-state index in [1.807, 2.05) is 30.3 Å². The summed E-state index contributed by atoms with van der Waals surface area (Å²) >= 11 is 0. The maximum Gasteiger partial charge on any atom is 0.226 e. The van der Waals surface area contributed by atoms with Crippen LogP contribution in [-0.2, 0) is 11.2 Å². The van der Waals surface area contributed by atoms with E-state index in [1.54, 1.807) is 6.26 Å². The summed E-state index contributed by atoms with van der Waals surface area (Å²) in [6, 6.07) is 10.0. The first kappa shape index (κ1) is 14.8. The minimum Gasteiger partial charge on any atom is -0.444 e. The maximum atomic E-state index is 12.2. The molecule has 1 fully saturated rings. The van der Waals surface area contributed by atoms with Gasteiger partial charge in [0.25, 0.3) is 0 Å². The zero-order valence-corrected chi connectivity index (χ0v) is 12.9. The lowest BCUT2D eigenvalue weighted by Crippen LogP contribution is -2.41. The number of carbonyl (C=O) groups is 1. The molecule has 1 saturated carbocycles. The van der Waals surface area contributed by atoms with Crippen molar-refractivity contribution in [2.24, 2.45) is 5.92 Å². The van der Waals surface area contributed by atoms with Crippen molar-refractivity contribution in [3.8, 4) is 11.5 Å². The lowest BCUT2D eigenvalue weighted by Gasteiger charge is -2.29. The summed E-state index contributed by atoms with van der Waals surface area (Å²) in [6.45, 7) is 2.22. The molecule has 0 aliphatic heterocycles. The van der Waals surface area contributed by atoms with Crippen molar-refractivity contribution in [1.29, 1.82) is 0 Å². The van der Waals surface area contributed by atoms with Crippen LogP contribution in [0, 0.1) is 5.92 Å². The van der Waals surface area contributed by atoms with Gasteiger partial charge < -0.3 is 9.73 Å². The Hall–Kier alpha value is -2.10. The second-order valence-corrected chi connectivity index (χ2v) is 6.12. The molecule has 22 heavy (non-hydrogen) atoms. The number of amides is 1. The Balaban J connectivity index is 1.59. The van der Waals surface area contributed by atoms with E-state index in [-0.39, 0.29) is 12.3 Å². The second kappa shape index (κ2) is 6.77. The number of carbonyl (C=O) groups excluding carboxylic acids is 1. The van der Waals surface area contributed by atoms with E-state index in [9.17, 15) is 4.79 Å². The van der Waals surface area contributed by atoms with Crippen LogP contribution < -0.4 is 5.32 Å². The quantitative estimate of drug-likeness (QED) is 0.938. The van der Waals surface area contributed by atoms with Crippen LogP contribution in [0.1, 0.15) is 38.3 Å². The molecule has 2 unspecified atom stereocenters. The van der Waals surface area contributed by atoms with Crippen LogP contribution in [0.3, 0.4) is 0 Å². The van der Waals surface area contributed by atoms with Gasteiger partial charge in [-0.1, -0.05) is 38.0 Å².